The second kappa shape index (κ2) is 8.63. The van der Waals surface area contributed by atoms with E-state index in [-0.39, 0.29) is 53.8 Å². The Bertz CT molecular complexity index is 1660. The lowest BCUT2D eigenvalue weighted by molar-refractivity contribution is -0.254. The molecule has 10 heteroatoms. The van der Waals surface area contributed by atoms with E-state index in [1.54, 1.807) is 13.8 Å². The molecule has 5 saturated carbocycles. The predicted octanol–water partition coefficient (Wildman–Crippen LogP) is 2.47. The zero-order valence-electron chi connectivity index (χ0n) is 26.4. The number of aliphatic hydroxyl groups excluding tert-OH is 2. The second-order valence-corrected chi connectivity index (χ2v) is 15.3. The maximum absolute atomic E-state index is 14.3. The van der Waals surface area contributed by atoms with Gasteiger partial charge in [0.1, 0.15) is 11.7 Å². The summed E-state index contributed by atoms with van der Waals surface area (Å²) in [5.41, 5.74) is 0.979. The molecule has 7 aliphatic carbocycles. The number of hydrogen-bond donors (Lipinski definition) is 3. The average molecular weight is 621 g/mol. The normalized spacial score (nSPS) is 49.3. The number of fused-ring (bicyclic) bond motifs is 7. The SMILES string of the molecule is COC(=O)/C(C)=C1\C(=O)[C@H](O)[C@]2(C)C3=C(C[C@@H]4C5(OC(=O)C(C)=C5C[C@H]5[C@](O)(OC(=O)/C=C(\C)CO)[C@H]6C[C@H]6[C@]45C)[C@H]31)[C@H]1C[C@H]12. The maximum Gasteiger partial charge on any atom is 0.334 e. The number of rotatable bonds is 4. The number of methoxy groups -OCH3 is 1. The van der Waals surface area contributed by atoms with Gasteiger partial charge in [0, 0.05) is 46.0 Å². The molecular formula is C35H40O10. The van der Waals surface area contributed by atoms with Crippen LogP contribution in [-0.2, 0) is 33.4 Å². The van der Waals surface area contributed by atoms with Crippen LogP contribution >= 0.6 is 0 Å². The summed E-state index contributed by atoms with van der Waals surface area (Å²) in [6, 6.07) is 0. The number of carbonyl (C=O) groups excluding carboxylic acids is 4. The van der Waals surface area contributed by atoms with Gasteiger partial charge < -0.3 is 29.5 Å². The van der Waals surface area contributed by atoms with Crippen LogP contribution in [0.1, 0.15) is 60.3 Å². The van der Waals surface area contributed by atoms with E-state index in [0.29, 0.717) is 29.6 Å². The van der Waals surface area contributed by atoms with Crippen molar-refractivity contribution < 1.29 is 48.7 Å². The molecule has 12 atom stereocenters. The summed E-state index contributed by atoms with van der Waals surface area (Å²) >= 11 is 0. The van der Waals surface area contributed by atoms with Crippen molar-refractivity contribution in [3.63, 3.8) is 0 Å². The number of esters is 3. The van der Waals surface area contributed by atoms with Crippen LogP contribution in [0.2, 0.25) is 0 Å². The van der Waals surface area contributed by atoms with Crippen molar-refractivity contribution in [2.75, 3.05) is 13.7 Å². The first-order valence-electron chi connectivity index (χ1n) is 16.1. The number of aliphatic hydroxyl groups is 3. The van der Waals surface area contributed by atoms with Crippen LogP contribution in [0.5, 0.6) is 0 Å². The molecule has 45 heavy (non-hydrogen) atoms. The molecule has 8 rings (SSSR count). The molecule has 1 aliphatic heterocycles. The molecule has 0 radical (unpaired) electrons. The van der Waals surface area contributed by atoms with Crippen molar-refractivity contribution in [1.82, 2.24) is 0 Å². The first-order valence-corrected chi connectivity index (χ1v) is 16.1. The number of Topliss-reactive ketones (excluding diaryl/α,β-unsaturated/α-hetero) is 1. The van der Waals surface area contributed by atoms with Gasteiger partial charge in [-0.1, -0.05) is 19.4 Å². The van der Waals surface area contributed by atoms with Gasteiger partial charge in [0.05, 0.1) is 19.6 Å². The summed E-state index contributed by atoms with van der Waals surface area (Å²) in [4.78, 5) is 54.1. The Morgan fingerprint density at radius 2 is 1.78 bits per heavy atom. The second-order valence-electron chi connectivity index (χ2n) is 15.3. The zero-order valence-corrected chi connectivity index (χ0v) is 26.4. The molecule has 240 valence electrons. The highest BCUT2D eigenvalue weighted by molar-refractivity contribution is 6.09. The molecule has 0 bridgehead atoms. The van der Waals surface area contributed by atoms with E-state index < -0.39 is 63.8 Å². The number of ether oxygens (including phenoxy) is 3. The van der Waals surface area contributed by atoms with Crippen molar-refractivity contribution in [2.24, 2.45) is 52.3 Å². The maximum atomic E-state index is 14.3. The summed E-state index contributed by atoms with van der Waals surface area (Å²) in [6.07, 6.45) is 2.10. The summed E-state index contributed by atoms with van der Waals surface area (Å²) in [6.45, 7) is 8.58. The Morgan fingerprint density at radius 1 is 1.07 bits per heavy atom. The molecular weight excluding hydrogens is 580 g/mol. The summed E-state index contributed by atoms with van der Waals surface area (Å²) in [5, 5.41) is 33.4. The third-order valence-electron chi connectivity index (χ3n) is 13.8. The fourth-order valence-electron chi connectivity index (χ4n) is 11.6. The first kappa shape index (κ1) is 29.3. The Morgan fingerprint density at radius 3 is 2.44 bits per heavy atom. The van der Waals surface area contributed by atoms with E-state index in [2.05, 4.69) is 6.92 Å². The third-order valence-corrected chi connectivity index (χ3v) is 13.8. The number of carbonyl (C=O) groups is 4. The van der Waals surface area contributed by atoms with Crippen molar-refractivity contribution in [3.05, 3.63) is 45.1 Å². The van der Waals surface area contributed by atoms with Gasteiger partial charge in [-0.05, 0) is 86.3 Å². The van der Waals surface area contributed by atoms with E-state index in [4.69, 9.17) is 14.2 Å². The molecule has 10 nitrogen and oxygen atoms in total. The van der Waals surface area contributed by atoms with Crippen LogP contribution in [-0.4, -0.2) is 70.2 Å². The van der Waals surface area contributed by atoms with Crippen molar-refractivity contribution in [1.29, 1.82) is 0 Å². The van der Waals surface area contributed by atoms with Gasteiger partial charge in [0.2, 0.25) is 5.79 Å². The van der Waals surface area contributed by atoms with Gasteiger partial charge in [-0.2, -0.15) is 0 Å². The topological polar surface area (TPSA) is 157 Å². The van der Waals surface area contributed by atoms with Crippen LogP contribution in [0.15, 0.2) is 45.1 Å². The van der Waals surface area contributed by atoms with E-state index in [9.17, 15) is 34.5 Å². The lowest BCUT2D eigenvalue weighted by atomic mass is 9.42. The van der Waals surface area contributed by atoms with Gasteiger partial charge >= 0.3 is 17.9 Å². The number of ketones is 1. The highest BCUT2D eigenvalue weighted by atomic mass is 16.7. The van der Waals surface area contributed by atoms with Crippen molar-refractivity contribution in [3.8, 4) is 0 Å². The van der Waals surface area contributed by atoms with Gasteiger partial charge in [0.15, 0.2) is 5.78 Å². The Balaban J connectivity index is 1.36. The lowest BCUT2D eigenvalue weighted by Gasteiger charge is -2.63. The van der Waals surface area contributed by atoms with E-state index in [0.717, 1.165) is 17.6 Å². The average Bonchev–Trinajstić information content (AvgIpc) is 3.91. The number of allylic oxidation sites excluding steroid dienone is 1. The molecule has 0 saturated heterocycles. The smallest absolute Gasteiger partial charge is 0.334 e. The molecule has 3 N–H and O–H groups in total. The van der Waals surface area contributed by atoms with E-state index in [1.807, 2.05) is 6.92 Å². The molecule has 0 aromatic rings. The van der Waals surface area contributed by atoms with Crippen LogP contribution in [0.4, 0.5) is 0 Å². The fourth-order valence-corrected chi connectivity index (χ4v) is 11.6. The van der Waals surface area contributed by atoms with Gasteiger partial charge in [-0.25, -0.2) is 14.4 Å². The van der Waals surface area contributed by atoms with Crippen LogP contribution in [0, 0.1) is 52.3 Å². The highest BCUT2D eigenvalue weighted by Gasteiger charge is 2.85. The predicted molar refractivity (Wildman–Crippen MR) is 155 cm³/mol. The van der Waals surface area contributed by atoms with Crippen molar-refractivity contribution >= 4 is 23.7 Å². The number of hydrogen-bond acceptors (Lipinski definition) is 10. The minimum atomic E-state index is -1.80. The molecule has 0 aromatic heterocycles. The quantitative estimate of drug-likeness (QED) is 0.140. The van der Waals surface area contributed by atoms with Crippen molar-refractivity contribution in [2.45, 2.75) is 77.8 Å². The molecule has 5 fully saturated rings. The summed E-state index contributed by atoms with van der Waals surface area (Å²) < 4.78 is 17.6. The largest absolute Gasteiger partial charge is 0.466 e. The molecule has 1 spiro atoms. The highest BCUT2D eigenvalue weighted by Crippen LogP contribution is 2.83. The van der Waals surface area contributed by atoms with E-state index in [1.165, 1.54) is 20.1 Å². The molecule has 0 aromatic carbocycles. The minimum absolute atomic E-state index is 0.0322. The van der Waals surface area contributed by atoms with E-state index >= 15 is 0 Å². The molecule has 1 heterocycles. The standard InChI is InChI=1S/C35H40O10/c1-13(12-36)7-24(37)44-35(42)21-10-20(21)32(4)22-9-17-16-8-19(16)33(5)26(17)27(25(28(38)29(33)39)15(3)30(40)43-6)34(22)18(11-23(32)35)14(2)31(41)45-34/h7,16,19-23,27,29,36,39,42H,8-12H2,1-6H3/b13-7+,25-15-/t16-,19-,20-,21+,22+,23-,27+,29+,32-,33+,34?,35-/m1/s1. The molecule has 0 amide bonds. The summed E-state index contributed by atoms with van der Waals surface area (Å²) in [5.74, 6) is -6.05. The minimum Gasteiger partial charge on any atom is -0.466 e. The van der Waals surface area contributed by atoms with Gasteiger partial charge in [-0.15, -0.1) is 0 Å². The monoisotopic (exact) mass is 620 g/mol. The Hall–Kier alpha value is -3.08. The Kier molecular flexibility index (Phi) is 5.63. The lowest BCUT2D eigenvalue weighted by Crippen LogP contribution is -2.67. The third kappa shape index (κ3) is 3.12. The fraction of sp³-hybridized carbons (Fsp3) is 0.657. The zero-order chi connectivity index (χ0) is 32.3. The van der Waals surface area contributed by atoms with Crippen LogP contribution in [0.25, 0.3) is 0 Å². The van der Waals surface area contributed by atoms with Crippen LogP contribution < -0.4 is 0 Å². The van der Waals surface area contributed by atoms with Crippen LogP contribution in [0.3, 0.4) is 0 Å². The van der Waals surface area contributed by atoms with Gasteiger partial charge in [0.25, 0.3) is 0 Å². The van der Waals surface area contributed by atoms with Gasteiger partial charge in [-0.3, -0.25) is 4.79 Å². The summed E-state index contributed by atoms with van der Waals surface area (Å²) in [7, 11) is 1.25. The first-order chi connectivity index (χ1) is 21.1. The Labute approximate surface area is 261 Å². The molecule has 1 unspecified atom stereocenters. The molecule has 8 aliphatic rings.